The molecule has 1 atom stereocenters. The Kier molecular flexibility index (Phi) is 6.23. The second-order valence-corrected chi connectivity index (χ2v) is 5.92. The Bertz CT molecular complexity index is 536. The van der Waals surface area contributed by atoms with Gasteiger partial charge in [-0.25, -0.2) is 0 Å². The molecule has 21 heavy (non-hydrogen) atoms. The van der Waals surface area contributed by atoms with Gasteiger partial charge in [-0.05, 0) is 52.9 Å². The predicted molar refractivity (Wildman–Crippen MR) is 88.1 cm³/mol. The number of aryl methyl sites for hydroxylation is 2. The Balaban J connectivity index is 1.67. The van der Waals surface area contributed by atoms with E-state index in [4.69, 9.17) is 4.74 Å². The normalized spacial score (nSPS) is 12.3. The van der Waals surface area contributed by atoms with Gasteiger partial charge in [0.15, 0.2) is 0 Å². The molecule has 2 rings (SSSR count). The molecular formula is C17H23NO2S. The van der Waals surface area contributed by atoms with Crippen molar-refractivity contribution in [2.24, 2.45) is 0 Å². The van der Waals surface area contributed by atoms with Crippen LogP contribution in [0.5, 0.6) is 5.75 Å². The van der Waals surface area contributed by atoms with Crippen molar-refractivity contribution in [2.75, 3.05) is 13.2 Å². The molecule has 1 aromatic carbocycles. The fourth-order valence-electron chi connectivity index (χ4n) is 2.01. The number of thiophene rings is 1. The van der Waals surface area contributed by atoms with Crippen LogP contribution in [0.2, 0.25) is 0 Å². The van der Waals surface area contributed by atoms with E-state index in [-0.39, 0.29) is 0 Å². The molecule has 1 unspecified atom stereocenters. The smallest absolute Gasteiger partial charge is 0.119 e. The molecule has 0 amide bonds. The summed E-state index contributed by atoms with van der Waals surface area (Å²) in [6.07, 6.45) is 0.518. The van der Waals surface area contributed by atoms with E-state index in [0.29, 0.717) is 13.2 Å². The van der Waals surface area contributed by atoms with Gasteiger partial charge in [-0.2, -0.15) is 11.3 Å². The van der Waals surface area contributed by atoms with Crippen molar-refractivity contribution in [1.29, 1.82) is 0 Å². The topological polar surface area (TPSA) is 41.5 Å². The zero-order valence-corrected chi connectivity index (χ0v) is 13.5. The molecule has 1 heterocycles. The van der Waals surface area contributed by atoms with Gasteiger partial charge in [0.1, 0.15) is 18.5 Å². The van der Waals surface area contributed by atoms with E-state index in [1.165, 1.54) is 16.7 Å². The summed E-state index contributed by atoms with van der Waals surface area (Å²) in [7, 11) is 0. The third kappa shape index (κ3) is 5.16. The summed E-state index contributed by atoms with van der Waals surface area (Å²) in [4.78, 5) is 0. The van der Waals surface area contributed by atoms with Gasteiger partial charge in [-0.15, -0.1) is 0 Å². The molecule has 114 valence electrons. The first kappa shape index (κ1) is 16.0. The van der Waals surface area contributed by atoms with Gasteiger partial charge in [0, 0.05) is 13.1 Å². The third-order valence-electron chi connectivity index (χ3n) is 3.43. The van der Waals surface area contributed by atoms with Crippen molar-refractivity contribution < 1.29 is 9.84 Å². The Morgan fingerprint density at radius 3 is 2.62 bits per heavy atom. The number of nitrogens with one attached hydrogen (secondary N) is 1. The lowest BCUT2D eigenvalue weighted by Crippen LogP contribution is -2.31. The highest BCUT2D eigenvalue weighted by atomic mass is 32.1. The average Bonchev–Trinajstić information content (AvgIpc) is 2.91. The number of hydrogen-bond donors (Lipinski definition) is 2. The first-order valence-corrected chi connectivity index (χ1v) is 8.25. The lowest BCUT2D eigenvalue weighted by molar-refractivity contribution is 0.106. The quantitative estimate of drug-likeness (QED) is 0.787. The maximum atomic E-state index is 9.92. The number of aliphatic hydroxyl groups excluding tert-OH is 1. The van der Waals surface area contributed by atoms with E-state index in [1.807, 2.05) is 12.1 Å². The van der Waals surface area contributed by atoms with Crippen molar-refractivity contribution >= 4 is 11.3 Å². The molecule has 0 aliphatic carbocycles. The van der Waals surface area contributed by atoms with Crippen LogP contribution >= 0.6 is 11.3 Å². The van der Waals surface area contributed by atoms with E-state index in [2.05, 4.69) is 42.1 Å². The lowest BCUT2D eigenvalue weighted by atomic mass is 10.2. The molecule has 0 aliphatic rings. The predicted octanol–water partition coefficient (Wildman–Crippen LogP) is 3.15. The van der Waals surface area contributed by atoms with Crippen molar-refractivity contribution in [3.8, 4) is 5.75 Å². The maximum absolute atomic E-state index is 9.92. The summed E-state index contributed by atoms with van der Waals surface area (Å²) in [5, 5.41) is 17.5. The minimum absolute atomic E-state index is 0.307. The molecule has 0 spiro atoms. The van der Waals surface area contributed by atoms with Crippen LogP contribution in [0.4, 0.5) is 0 Å². The Morgan fingerprint density at radius 2 is 2.00 bits per heavy atom. The van der Waals surface area contributed by atoms with Gasteiger partial charge in [0.2, 0.25) is 0 Å². The van der Waals surface area contributed by atoms with Gasteiger partial charge >= 0.3 is 0 Å². The molecule has 1 aromatic heterocycles. The van der Waals surface area contributed by atoms with Crippen LogP contribution in [-0.4, -0.2) is 24.4 Å². The van der Waals surface area contributed by atoms with Crippen molar-refractivity contribution in [3.63, 3.8) is 0 Å². The van der Waals surface area contributed by atoms with E-state index >= 15 is 0 Å². The molecule has 2 aromatic rings. The summed E-state index contributed by atoms with van der Waals surface area (Å²) in [6, 6.07) is 8.01. The van der Waals surface area contributed by atoms with Crippen molar-refractivity contribution in [3.05, 3.63) is 51.7 Å². The number of hydrogen-bond acceptors (Lipinski definition) is 4. The SMILES string of the molecule is CCc1ccc(OCC(O)CNCc2cscc2C)cc1. The molecule has 0 radical (unpaired) electrons. The zero-order valence-electron chi connectivity index (χ0n) is 12.6. The molecule has 0 aliphatic heterocycles. The van der Waals surface area contributed by atoms with E-state index in [9.17, 15) is 5.11 Å². The summed E-state index contributed by atoms with van der Waals surface area (Å²) in [6.45, 7) is 5.86. The monoisotopic (exact) mass is 305 g/mol. The van der Waals surface area contributed by atoms with Gasteiger partial charge in [-0.3, -0.25) is 0 Å². The Labute approximate surface area is 130 Å². The van der Waals surface area contributed by atoms with Gasteiger partial charge < -0.3 is 15.2 Å². The highest BCUT2D eigenvalue weighted by Crippen LogP contribution is 2.14. The fraction of sp³-hybridized carbons (Fsp3) is 0.412. The number of rotatable bonds is 8. The molecule has 0 bridgehead atoms. The lowest BCUT2D eigenvalue weighted by Gasteiger charge is -2.13. The molecule has 4 heteroatoms. The number of benzene rings is 1. The van der Waals surface area contributed by atoms with E-state index in [0.717, 1.165) is 18.7 Å². The minimum Gasteiger partial charge on any atom is -0.491 e. The van der Waals surface area contributed by atoms with E-state index < -0.39 is 6.10 Å². The molecule has 0 saturated heterocycles. The second kappa shape index (κ2) is 8.17. The van der Waals surface area contributed by atoms with Crippen LogP contribution in [0, 0.1) is 6.92 Å². The third-order valence-corrected chi connectivity index (χ3v) is 4.34. The summed E-state index contributed by atoms with van der Waals surface area (Å²) >= 11 is 1.71. The highest BCUT2D eigenvalue weighted by Gasteiger charge is 2.06. The largest absolute Gasteiger partial charge is 0.491 e. The van der Waals surface area contributed by atoms with Crippen LogP contribution in [0.15, 0.2) is 35.0 Å². The standard InChI is InChI=1S/C17H23NO2S/c1-3-14-4-6-17(7-5-14)20-10-16(19)9-18-8-15-12-21-11-13(15)2/h4-7,11-12,16,18-19H,3,8-10H2,1-2H3. The van der Waals surface area contributed by atoms with Gasteiger partial charge in [0.05, 0.1) is 0 Å². The Morgan fingerprint density at radius 1 is 1.24 bits per heavy atom. The highest BCUT2D eigenvalue weighted by molar-refractivity contribution is 7.08. The molecule has 0 saturated carbocycles. The minimum atomic E-state index is -0.505. The average molecular weight is 305 g/mol. The first-order valence-electron chi connectivity index (χ1n) is 7.31. The summed E-state index contributed by atoms with van der Waals surface area (Å²) < 4.78 is 5.59. The fourth-order valence-corrected chi connectivity index (χ4v) is 2.87. The van der Waals surface area contributed by atoms with Crippen LogP contribution in [-0.2, 0) is 13.0 Å². The van der Waals surface area contributed by atoms with Crippen LogP contribution in [0.1, 0.15) is 23.6 Å². The van der Waals surface area contributed by atoms with Crippen LogP contribution < -0.4 is 10.1 Å². The molecule has 2 N–H and O–H groups in total. The maximum Gasteiger partial charge on any atom is 0.119 e. The first-order chi connectivity index (χ1) is 10.2. The number of ether oxygens (including phenoxy) is 1. The van der Waals surface area contributed by atoms with Crippen molar-refractivity contribution in [2.45, 2.75) is 32.9 Å². The summed E-state index contributed by atoms with van der Waals surface area (Å²) in [5.41, 5.74) is 3.88. The van der Waals surface area contributed by atoms with Crippen LogP contribution in [0.3, 0.4) is 0 Å². The number of aliphatic hydroxyl groups is 1. The van der Waals surface area contributed by atoms with E-state index in [1.54, 1.807) is 11.3 Å². The second-order valence-electron chi connectivity index (χ2n) is 5.17. The van der Waals surface area contributed by atoms with Crippen molar-refractivity contribution in [1.82, 2.24) is 5.32 Å². The van der Waals surface area contributed by atoms with Crippen LogP contribution in [0.25, 0.3) is 0 Å². The van der Waals surface area contributed by atoms with Gasteiger partial charge in [-0.1, -0.05) is 19.1 Å². The molecular weight excluding hydrogens is 282 g/mol. The zero-order chi connectivity index (χ0) is 15.1. The molecule has 0 fully saturated rings. The Hall–Kier alpha value is -1.36. The van der Waals surface area contributed by atoms with Gasteiger partial charge in [0.25, 0.3) is 0 Å². The summed E-state index contributed by atoms with van der Waals surface area (Å²) in [5.74, 6) is 0.805. The molecule has 3 nitrogen and oxygen atoms in total.